The molecular formula is C16H15NO4. The zero-order chi connectivity index (χ0) is 15.5. The van der Waals surface area contributed by atoms with Gasteiger partial charge < -0.3 is 5.11 Å². The van der Waals surface area contributed by atoms with Crippen LogP contribution in [-0.2, 0) is 16.6 Å². The summed E-state index contributed by atoms with van der Waals surface area (Å²) in [5.74, 6) is -1.01. The SMILES string of the molecule is CC(Cc1ccccc1)(C(=O)O)c1cccc([N+](=O)[O-])c1. The van der Waals surface area contributed by atoms with Gasteiger partial charge in [-0.3, -0.25) is 14.9 Å². The Hall–Kier alpha value is -2.69. The summed E-state index contributed by atoms with van der Waals surface area (Å²) in [7, 11) is 0. The minimum atomic E-state index is -1.21. The number of carboxylic acids is 1. The van der Waals surface area contributed by atoms with Gasteiger partial charge in [-0.25, -0.2) is 0 Å². The van der Waals surface area contributed by atoms with Crippen LogP contribution in [-0.4, -0.2) is 16.0 Å². The Kier molecular flexibility index (Phi) is 4.03. The highest BCUT2D eigenvalue weighted by Gasteiger charge is 2.36. The number of non-ortho nitro benzene ring substituents is 1. The largest absolute Gasteiger partial charge is 0.481 e. The molecule has 0 radical (unpaired) electrons. The zero-order valence-corrected chi connectivity index (χ0v) is 11.5. The number of carboxylic acid groups (broad SMARTS) is 1. The van der Waals surface area contributed by atoms with Gasteiger partial charge in [0.2, 0.25) is 0 Å². The van der Waals surface area contributed by atoms with Gasteiger partial charge in [0.25, 0.3) is 5.69 Å². The molecule has 5 nitrogen and oxygen atoms in total. The van der Waals surface area contributed by atoms with Crippen LogP contribution >= 0.6 is 0 Å². The second-order valence-electron chi connectivity index (χ2n) is 5.11. The van der Waals surface area contributed by atoms with Crippen LogP contribution < -0.4 is 0 Å². The van der Waals surface area contributed by atoms with E-state index < -0.39 is 16.3 Å². The standard InChI is InChI=1S/C16H15NO4/c1-16(15(18)19,11-12-6-3-2-4-7-12)13-8-5-9-14(10-13)17(20)21/h2-10H,11H2,1H3,(H,18,19). The van der Waals surface area contributed by atoms with E-state index in [0.717, 1.165) is 5.56 Å². The van der Waals surface area contributed by atoms with Gasteiger partial charge in [0.1, 0.15) is 0 Å². The first-order chi connectivity index (χ1) is 9.93. The Morgan fingerprint density at radius 1 is 1.19 bits per heavy atom. The van der Waals surface area contributed by atoms with Crippen molar-refractivity contribution in [1.82, 2.24) is 0 Å². The summed E-state index contributed by atoms with van der Waals surface area (Å²) >= 11 is 0. The van der Waals surface area contributed by atoms with Crippen molar-refractivity contribution in [1.29, 1.82) is 0 Å². The predicted octanol–water partition coefficient (Wildman–Crippen LogP) is 3.18. The van der Waals surface area contributed by atoms with Gasteiger partial charge in [0, 0.05) is 12.1 Å². The quantitative estimate of drug-likeness (QED) is 0.675. The van der Waals surface area contributed by atoms with E-state index in [9.17, 15) is 20.0 Å². The molecular weight excluding hydrogens is 270 g/mol. The molecule has 0 aliphatic carbocycles. The number of carbonyl (C=O) groups is 1. The highest BCUT2D eigenvalue weighted by Crippen LogP contribution is 2.30. The molecule has 0 bridgehead atoms. The molecule has 5 heteroatoms. The van der Waals surface area contributed by atoms with Crippen LogP contribution in [0.4, 0.5) is 5.69 Å². The lowest BCUT2D eigenvalue weighted by molar-refractivity contribution is -0.384. The van der Waals surface area contributed by atoms with Gasteiger partial charge in [-0.05, 0) is 24.5 Å². The summed E-state index contributed by atoms with van der Waals surface area (Å²) in [6.45, 7) is 1.58. The molecule has 0 aliphatic heterocycles. The Labute approximate surface area is 122 Å². The number of benzene rings is 2. The summed E-state index contributed by atoms with van der Waals surface area (Å²) in [5.41, 5.74) is -0.0251. The van der Waals surface area contributed by atoms with Crippen LogP contribution in [0.1, 0.15) is 18.1 Å². The molecule has 2 aromatic rings. The number of nitro groups is 1. The predicted molar refractivity (Wildman–Crippen MR) is 78.2 cm³/mol. The summed E-state index contributed by atoms with van der Waals surface area (Å²) in [4.78, 5) is 22.1. The molecule has 108 valence electrons. The Morgan fingerprint density at radius 2 is 1.86 bits per heavy atom. The van der Waals surface area contributed by atoms with Gasteiger partial charge in [-0.2, -0.15) is 0 Å². The Bertz CT molecular complexity index is 669. The van der Waals surface area contributed by atoms with E-state index in [1.807, 2.05) is 30.3 Å². The lowest BCUT2D eigenvalue weighted by Crippen LogP contribution is -2.34. The lowest BCUT2D eigenvalue weighted by Gasteiger charge is -2.25. The topological polar surface area (TPSA) is 80.4 Å². The average molecular weight is 285 g/mol. The van der Waals surface area contributed by atoms with Crippen molar-refractivity contribution >= 4 is 11.7 Å². The van der Waals surface area contributed by atoms with E-state index in [0.29, 0.717) is 5.56 Å². The Morgan fingerprint density at radius 3 is 2.43 bits per heavy atom. The first-order valence-corrected chi connectivity index (χ1v) is 6.46. The molecule has 1 unspecified atom stereocenters. The number of aliphatic carboxylic acids is 1. The van der Waals surface area contributed by atoms with E-state index in [4.69, 9.17) is 0 Å². The molecule has 21 heavy (non-hydrogen) atoms. The minimum Gasteiger partial charge on any atom is -0.481 e. The first kappa shape index (κ1) is 14.7. The van der Waals surface area contributed by atoms with Gasteiger partial charge in [0.15, 0.2) is 0 Å². The number of rotatable bonds is 5. The van der Waals surface area contributed by atoms with Crippen LogP contribution in [0.5, 0.6) is 0 Å². The molecule has 0 fully saturated rings. The number of hydrogen-bond donors (Lipinski definition) is 1. The van der Waals surface area contributed by atoms with Crippen molar-refractivity contribution in [2.75, 3.05) is 0 Å². The third-order valence-corrected chi connectivity index (χ3v) is 3.57. The smallest absolute Gasteiger partial charge is 0.314 e. The summed E-state index contributed by atoms with van der Waals surface area (Å²) in [6, 6.07) is 15.0. The monoisotopic (exact) mass is 285 g/mol. The maximum absolute atomic E-state index is 11.7. The van der Waals surface area contributed by atoms with E-state index >= 15 is 0 Å². The zero-order valence-electron chi connectivity index (χ0n) is 11.5. The molecule has 1 N–H and O–H groups in total. The van der Waals surface area contributed by atoms with Gasteiger partial charge in [-0.15, -0.1) is 0 Å². The van der Waals surface area contributed by atoms with Crippen LogP contribution in [0.25, 0.3) is 0 Å². The van der Waals surface area contributed by atoms with E-state index in [1.165, 1.54) is 18.2 Å². The van der Waals surface area contributed by atoms with E-state index in [-0.39, 0.29) is 12.1 Å². The van der Waals surface area contributed by atoms with Crippen molar-refractivity contribution in [3.8, 4) is 0 Å². The van der Waals surface area contributed by atoms with Crippen molar-refractivity contribution in [3.05, 3.63) is 75.8 Å². The fraction of sp³-hybridized carbons (Fsp3) is 0.188. The molecule has 0 amide bonds. The lowest BCUT2D eigenvalue weighted by atomic mass is 9.77. The third kappa shape index (κ3) is 3.08. The van der Waals surface area contributed by atoms with Crippen LogP contribution in [0.3, 0.4) is 0 Å². The fourth-order valence-corrected chi connectivity index (χ4v) is 2.27. The van der Waals surface area contributed by atoms with Crippen molar-refractivity contribution in [2.24, 2.45) is 0 Å². The molecule has 1 atom stereocenters. The molecule has 0 aromatic heterocycles. The second-order valence-corrected chi connectivity index (χ2v) is 5.11. The van der Waals surface area contributed by atoms with Gasteiger partial charge >= 0.3 is 5.97 Å². The molecule has 0 saturated carbocycles. The van der Waals surface area contributed by atoms with Crippen molar-refractivity contribution < 1.29 is 14.8 Å². The fourth-order valence-electron chi connectivity index (χ4n) is 2.27. The second kappa shape index (κ2) is 5.75. The molecule has 0 aliphatic rings. The van der Waals surface area contributed by atoms with Crippen molar-refractivity contribution in [2.45, 2.75) is 18.8 Å². The van der Waals surface area contributed by atoms with Crippen molar-refractivity contribution in [3.63, 3.8) is 0 Å². The third-order valence-electron chi connectivity index (χ3n) is 3.57. The van der Waals surface area contributed by atoms with Crippen LogP contribution in [0.15, 0.2) is 54.6 Å². The molecule has 2 aromatic carbocycles. The van der Waals surface area contributed by atoms with Crippen LogP contribution in [0, 0.1) is 10.1 Å². The minimum absolute atomic E-state index is 0.104. The van der Waals surface area contributed by atoms with Gasteiger partial charge in [0.05, 0.1) is 10.3 Å². The summed E-state index contributed by atoms with van der Waals surface area (Å²) < 4.78 is 0. The normalized spacial score (nSPS) is 13.4. The maximum Gasteiger partial charge on any atom is 0.314 e. The number of nitrogens with zero attached hydrogens (tertiary/aromatic N) is 1. The number of hydrogen-bond acceptors (Lipinski definition) is 3. The molecule has 2 rings (SSSR count). The van der Waals surface area contributed by atoms with Crippen LogP contribution in [0.2, 0.25) is 0 Å². The molecule has 0 heterocycles. The summed E-state index contributed by atoms with van der Waals surface area (Å²) in [6.07, 6.45) is 0.268. The number of nitro benzene ring substituents is 1. The molecule has 0 saturated heterocycles. The average Bonchev–Trinajstić information content (AvgIpc) is 2.48. The Balaban J connectivity index is 2.45. The van der Waals surface area contributed by atoms with E-state index in [1.54, 1.807) is 13.0 Å². The van der Waals surface area contributed by atoms with Gasteiger partial charge in [-0.1, -0.05) is 42.5 Å². The summed E-state index contributed by atoms with van der Waals surface area (Å²) in [5, 5.41) is 20.5. The van der Waals surface area contributed by atoms with E-state index in [2.05, 4.69) is 0 Å². The molecule has 0 spiro atoms. The highest BCUT2D eigenvalue weighted by atomic mass is 16.6. The maximum atomic E-state index is 11.7. The first-order valence-electron chi connectivity index (χ1n) is 6.46. The highest BCUT2D eigenvalue weighted by molar-refractivity contribution is 5.81.